The van der Waals surface area contributed by atoms with Gasteiger partial charge >= 0.3 is 0 Å². The Morgan fingerprint density at radius 1 is 0.333 bits per heavy atom. The minimum absolute atomic E-state index is 0.0160. The molecule has 57 heavy (non-hydrogen) atoms. The SMILES string of the molecule is c1cc2c3c(c1)-n1c4ccc(-c5ccncc5)cc4c4cc(-c5ccncc5)cc(c41)B3c1cc(-c3ccncc3)cc3c4cc(-c5ccncc5)ccc4n-2c13. The summed E-state index contributed by atoms with van der Waals surface area (Å²) in [4.78, 5) is 17.4. The molecule has 262 valence electrons. The third kappa shape index (κ3) is 4.25. The fourth-order valence-electron chi connectivity index (χ4n) is 9.87. The van der Waals surface area contributed by atoms with Gasteiger partial charge in [0.05, 0.1) is 11.0 Å². The van der Waals surface area contributed by atoms with Crippen molar-refractivity contribution in [1.82, 2.24) is 29.1 Å². The van der Waals surface area contributed by atoms with E-state index in [1.165, 1.54) is 93.6 Å². The average molecular weight is 725 g/mol. The normalized spacial score (nSPS) is 12.5. The summed E-state index contributed by atoms with van der Waals surface area (Å²) >= 11 is 0. The molecule has 0 bridgehead atoms. The van der Waals surface area contributed by atoms with Crippen LogP contribution in [0, 0.1) is 0 Å². The maximum absolute atomic E-state index is 4.38. The van der Waals surface area contributed by atoms with Gasteiger partial charge < -0.3 is 9.13 Å². The predicted molar refractivity (Wildman–Crippen MR) is 233 cm³/mol. The van der Waals surface area contributed by atoms with Gasteiger partial charge in [0.25, 0.3) is 6.71 Å². The molecule has 6 nitrogen and oxygen atoms in total. The summed E-state index contributed by atoms with van der Waals surface area (Å²) in [6, 6.07) is 47.3. The Morgan fingerprint density at radius 3 is 1.11 bits per heavy atom. The monoisotopic (exact) mass is 724 g/mol. The van der Waals surface area contributed by atoms with Crippen LogP contribution in [0.3, 0.4) is 0 Å². The van der Waals surface area contributed by atoms with Gasteiger partial charge in [-0.25, -0.2) is 0 Å². The van der Waals surface area contributed by atoms with Crippen LogP contribution in [0.4, 0.5) is 0 Å². The van der Waals surface area contributed by atoms with Crippen LogP contribution in [-0.2, 0) is 0 Å². The second-order valence-electron chi connectivity index (χ2n) is 15.1. The van der Waals surface area contributed by atoms with Crippen molar-refractivity contribution in [2.75, 3.05) is 0 Å². The van der Waals surface area contributed by atoms with E-state index in [1.807, 2.05) is 49.6 Å². The molecule has 0 fully saturated rings. The molecular weight excluding hydrogens is 695 g/mol. The lowest BCUT2D eigenvalue weighted by atomic mass is 9.34. The Bertz CT molecular complexity index is 3220. The van der Waals surface area contributed by atoms with Gasteiger partial charge in [-0.15, -0.1) is 0 Å². The zero-order valence-corrected chi connectivity index (χ0v) is 30.5. The second kappa shape index (κ2) is 11.4. The van der Waals surface area contributed by atoms with Crippen LogP contribution in [-0.4, -0.2) is 35.8 Å². The number of fused-ring (bicyclic) bond motifs is 10. The van der Waals surface area contributed by atoms with Crippen molar-refractivity contribution >= 4 is 66.7 Å². The van der Waals surface area contributed by atoms with E-state index in [0.29, 0.717) is 0 Å². The van der Waals surface area contributed by atoms with E-state index >= 15 is 0 Å². The van der Waals surface area contributed by atoms with E-state index in [2.05, 4.69) is 156 Å². The van der Waals surface area contributed by atoms with Gasteiger partial charge in [0.2, 0.25) is 0 Å². The Hall–Kier alpha value is -7.64. The van der Waals surface area contributed by atoms with Gasteiger partial charge in [-0.2, -0.15) is 0 Å². The van der Waals surface area contributed by atoms with Crippen molar-refractivity contribution < 1.29 is 0 Å². The maximum atomic E-state index is 4.38. The topological polar surface area (TPSA) is 61.4 Å². The van der Waals surface area contributed by atoms with Crippen molar-refractivity contribution in [2.24, 2.45) is 0 Å². The summed E-state index contributed by atoms with van der Waals surface area (Å²) in [5.74, 6) is 0. The van der Waals surface area contributed by atoms with Crippen LogP contribution in [0.15, 0.2) is 177 Å². The predicted octanol–water partition coefficient (Wildman–Crippen LogP) is 9.27. The number of rotatable bonds is 4. The Morgan fingerprint density at radius 2 is 0.702 bits per heavy atom. The summed E-state index contributed by atoms with van der Waals surface area (Å²) in [7, 11) is 0. The van der Waals surface area contributed by atoms with Crippen molar-refractivity contribution in [3.05, 3.63) is 177 Å². The Balaban J connectivity index is 1.19. The van der Waals surface area contributed by atoms with Crippen LogP contribution in [0.2, 0.25) is 0 Å². The van der Waals surface area contributed by atoms with E-state index in [0.717, 1.165) is 22.3 Å². The quantitative estimate of drug-likeness (QED) is 0.170. The minimum Gasteiger partial charge on any atom is -0.310 e. The summed E-state index contributed by atoms with van der Waals surface area (Å²) in [6.45, 7) is -0.0160. The smallest absolute Gasteiger partial charge is 0.252 e. The molecule has 0 spiro atoms. The first-order valence-corrected chi connectivity index (χ1v) is 19.3. The Kier molecular flexibility index (Phi) is 6.16. The fourth-order valence-corrected chi connectivity index (χ4v) is 9.87. The number of pyridine rings is 4. The third-order valence-corrected chi connectivity index (χ3v) is 12.3. The lowest BCUT2D eigenvalue weighted by Crippen LogP contribution is -2.59. The van der Waals surface area contributed by atoms with Gasteiger partial charge in [-0.3, -0.25) is 19.9 Å². The molecule has 2 aliphatic rings. The molecule has 0 atom stereocenters. The molecule has 0 N–H and O–H groups in total. The van der Waals surface area contributed by atoms with Gasteiger partial charge in [0, 0.05) is 93.5 Å². The van der Waals surface area contributed by atoms with Crippen LogP contribution in [0.5, 0.6) is 0 Å². The van der Waals surface area contributed by atoms with Crippen LogP contribution in [0.25, 0.3) is 99.5 Å². The van der Waals surface area contributed by atoms with Gasteiger partial charge in [0.15, 0.2) is 0 Å². The highest BCUT2D eigenvalue weighted by Crippen LogP contribution is 2.42. The number of hydrogen-bond donors (Lipinski definition) is 0. The van der Waals surface area contributed by atoms with E-state index in [1.54, 1.807) is 0 Å². The van der Waals surface area contributed by atoms with Crippen molar-refractivity contribution in [3.63, 3.8) is 0 Å². The first-order chi connectivity index (χ1) is 28.3. The molecule has 2 aliphatic heterocycles. The summed E-state index contributed by atoms with van der Waals surface area (Å²) < 4.78 is 5.06. The summed E-state index contributed by atoms with van der Waals surface area (Å²) in [5.41, 5.74) is 20.6. The van der Waals surface area contributed by atoms with Gasteiger partial charge in [0.1, 0.15) is 0 Å². The first kappa shape index (κ1) is 30.7. The molecular formula is C50H29BN6. The van der Waals surface area contributed by atoms with E-state index in [-0.39, 0.29) is 6.71 Å². The molecule has 0 saturated carbocycles. The largest absolute Gasteiger partial charge is 0.310 e. The van der Waals surface area contributed by atoms with Crippen molar-refractivity contribution in [3.8, 4) is 55.9 Å². The zero-order valence-electron chi connectivity index (χ0n) is 30.5. The van der Waals surface area contributed by atoms with Crippen LogP contribution >= 0.6 is 0 Å². The molecule has 0 unspecified atom stereocenters. The van der Waals surface area contributed by atoms with Gasteiger partial charge in [-0.1, -0.05) is 30.3 Å². The molecule has 0 aliphatic carbocycles. The van der Waals surface area contributed by atoms with E-state index < -0.39 is 0 Å². The minimum atomic E-state index is -0.0160. The lowest BCUT2D eigenvalue weighted by Gasteiger charge is -2.34. The zero-order chi connectivity index (χ0) is 37.2. The average Bonchev–Trinajstić information content (AvgIpc) is 3.80. The van der Waals surface area contributed by atoms with E-state index in [9.17, 15) is 0 Å². The van der Waals surface area contributed by atoms with E-state index in [4.69, 9.17) is 0 Å². The molecule has 13 rings (SSSR count). The Labute approximate surface area is 327 Å². The fraction of sp³-hybridized carbons (Fsp3) is 0. The van der Waals surface area contributed by atoms with Crippen molar-refractivity contribution in [1.29, 1.82) is 0 Å². The second-order valence-corrected chi connectivity index (χ2v) is 15.1. The first-order valence-electron chi connectivity index (χ1n) is 19.3. The number of hydrogen-bond acceptors (Lipinski definition) is 4. The standard InChI is InChI=1S/C50H29BN6/c1-2-46-48-47(3-1)57-45-7-5-35(31-10-18-53-19-11-31)25-39(45)41-27-37(33-14-22-55-23-15-33)29-43(50(41)57)51(48)42-28-36(32-12-20-54-21-13-32)26-40-38-24-34(30-8-16-52-17-9-30)4-6-44(38)56(46)49(40)42/h1-29H. The summed E-state index contributed by atoms with van der Waals surface area (Å²) in [5, 5.41) is 4.96. The van der Waals surface area contributed by atoms with Crippen LogP contribution < -0.4 is 16.4 Å². The molecule has 8 heterocycles. The number of aromatic nitrogens is 6. The van der Waals surface area contributed by atoms with Crippen molar-refractivity contribution in [2.45, 2.75) is 0 Å². The van der Waals surface area contributed by atoms with Crippen LogP contribution in [0.1, 0.15) is 0 Å². The highest BCUT2D eigenvalue weighted by molar-refractivity contribution is 7.00. The molecule has 6 aromatic heterocycles. The molecule has 0 radical (unpaired) electrons. The third-order valence-electron chi connectivity index (χ3n) is 12.3. The highest BCUT2D eigenvalue weighted by Gasteiger charge is 2.41. The summed E-state index contributed by atoms with van der Waals surface area (Å²) in [6.07, 6.45) is 15.0. The maximum Gasteiger partial charge on any atom is 0.252 e. The molecule has 5 aromatic carbocycles. The molecule has 0 saturated heterocycles. The van der Waals surface area contributed by atoms with Gasteiger partial charge in [-0.05, 0) is 158 Å². The molecule has 7 heteroatoms. The number of benzene rings is 5. The molecule has 0 amide bonds. The number of nitrogens with zero attached hydrogens (tertiary/aromatic N) is 6. The lowest BCUT2D eigenvalue weighted by molar-refractivity contribution is 1.14. The highest BCUT2D eigenvalue weighted by atomic mass is 15.0. The molecule has 11 aromatic rings.